The first-order valence-electron chi connectivity index (χ1n) is 12.9. The van der Waals surface area contributed by atoms with Crippen LogP contribution in [0.25, 0.3) is 5.69 Å². The highest BCUT2D eigenvalue weighted by molar-refractivity contribution is 7.80. The Hall–Kier alpha value is -4.17. The third-order valence-corrected chi connectivity index (χ3v) is 7.21. The number of nitrogens with zero attached hydrogens (tertiary/aromatic N) is 3. The van der Waals surface area contributed by atoms with Crippen LogP contribution in [-0.2, 0) is 4.74 Å². The van der Waals surface area contributed by atoms with Crippen LogP contribution >= 0.6 is 12.2 Å². The Balaban J connectivity index is 1.62. The van der Waals surface area contributed by atoms with E-state index in [0.717, 1.165) is 39.8 Å². The number of carbonyl (C=O) groups excluding carboxylic acids is 1. The zero-order chi connectivity index (χ0) is 27.7. The van der Waals surface area contributed by atoms with Crippen molar-refractivity contribution >= 4 is 29.0 Å². The van der Waals surface area contributed by atoms with Gasteiger partial charge in [-0.2, -0.15) is 0 Å². The molecule has 8 heteroatoms. The lowest BCUT2D eigenvalue weighted by molar-refractivity contribution is 0.0600. The number of hydrogen-bond acceptors (Lipinski definition) is 5. The molecule has 1 aliphatic heterocycles. The van der Waals surface area contributed by atoms with Crippen molar-refractivity contribution in [2.45, 2.75) is 45.9 Å². The van der Waals surface area contributed by atoms with E-state index in [4.69, 9.17) is 21.7 Å². The summed E-state index contributed by atoms with van der Waals surface area (Å²) in [4.78, 5) is 19.1. The summed E-state index contributed by atoms with van der Waals surface area (Å²) < 4.78 is 13.0. The van der Waals surface area contributed by atoms with E-state index >= 15 is 0 Å². The van der Waals surface area contributed by atoms with Gasteiger partial charge in [0.25, 0.3) is 0 Å². The normalized spacial score (nSPS) is 16.9. The number of nitrogens with one attached hydrogen (secondary N) is 1. The van der Waals surface area contributed by atoms with Crippen molar-refractivity contribution < 1.29 is 14.3 Å². The molecule has 200 valence electrons. The molecule has 0 unspecified atom stereocenters. The highest BCUT2D eigenvalue weighted by Crippen LogP contribution is 2.44. The molecule has 39 heavy (non-hydrogen) atoms. The second-order valence-corrected chi connectivity index (χ2v) is 10.2. The van der Waals surface area contributed by atoms with E-state index in [1.165, 1.54) is 7.11 Å². The summed E-state index contributed by atoms with van der Waals surface area (Å²) >= 11 is 5.91. The molecule has 3 heterocycles. The van der Waals surface area contributed by atoms with Gasteiger partial charge < -0.3 is 24.3 Å². The largest absolute Gasteiger partial charge is 0.491 e. The van der Waals surface area contributed by atoms with Gasteiger partial charge in [0.1, 0.15) is 5.75 Å². The van der Waals surface area contributed by atoms with E-state index in [1.54, 1.807) is 12.3 Å². The molecule has 0 spiro atoms. The van der Waals surface area contributed by atoms with Gasteiger partial charge in [0.05, 0.1) is 36.6 Å². The predicted molar refractivity (Wildman–Crippen MR) is 157 cm³/mol. The molecule has 1 N–H and O–H groups in total. The average Bonchev–Trinajstić information content (AvgIpc) is 3.43. The van der Waals surface area contributed by atoms with Gasteiger partial charge in [0.2, 0.25) is 0 Å². The topological polar surface area (TPSA) is 68.6 Å². The van der Waals surface area contributed by atoms with Crippen molar-refractivity contribution in [3.8, 4) is 11.4 Å². The monoisotopic (exact) mass is 540 g/mol. The number of hydrogen-bond donors (Lipinski definition) is 1. The van der Waals surface area contributed by atoms with Crippen molar-refractivity contribution in [3.05, 3.63) is 107 Å². The minimum absolute atomic E-state index is 0.0924. The Morgan fingerprint density at radius 2 is 1.77 bits per heavy atom. The fourth-order valence-corrected chi connectivity index (χ4v) is 5.63. The lowest BCUT2D eigenvalue weighted by Gasteiger charge is -2.28. The van der Waals surface area contributed by atoms with E-state index in [-0.39, 0.29) is 24.2 Å². The highest BCUT2D eigenvalue weighted by Gasteiger charge is 2.42. The van der Waals surface area contributed by atoms with Crippen molar-refractivity contribution in [2.24, 2.45) is 0 Å². The number of thiocarbonyl (C=S) groups is 1. The maximum absolute atomic E-state index is 12.2. The molecule has 2 atom stereocenters. The van der Waals surface area contributed by atoms with E-state index in [9.17, 15) is 4.79 Å². The molecule has 4 aromatic rings. The first-order chi connectivity index (χ1) is 18.8. The molecule has 1 aliphatic rings. The molecular formula is C31H32N4O3S. The SMILES string of the molecule is COC(=O)c1cccc(-n2c(C)cc([C@@H]3[C@@H](c4ccccn4)NC(=S)N3c3ccc(OC(C)C)cc3)c2C)c1. The number of methoxy groups -OCH3 is 1. The molecule has 5 rings (SSSR count). The van der Waals surface area contributed by atoms with E-state index in [1.807, 2.05) is 74.5 Å². The summed E-state index contributed by atoms with van der Waals surface area (Å²) in [7, 11) is 1.39. The number of aromatic nitrogens is 2. The third kappa shape index (κ3) is 5.12. The first kappa shape index (κ1) is 26.4. The molecule has 0 amide bonds. The van der Waals surface area contributed by atoms with Gasteiger partial charge in [0, 0.05) is 29.0 Å². The molecule has 0 radical (unpaired) electrons. The minimum atomic E-state index is -0.365. The van der Waals surface area contributed by atoms with Crippen molar-refractivity contribution in [2.75, 3.05) is 12.0 Å². The second-order valence-electron chi connectivity index (χ2n) is 9.86. The first-order valence-corrected chi connectivity index (χ1v) is 13.3. The number of ether oxygens (including phenoxy) is 2. The van der Waals surface area contributed by atoms with Crippen LogP contribution < -0.4 is 15.0 Å². The summed E-state index contributed by atoms with van der Waals surface area (Å²) in [6.07, 6.45) is 1.90. The van der Waals surface area contributed by atoms with Gasteiger partial charge in [-0.1, -0.05) is 12.1 Å². The van der Waals surface area contributed by atoms with Crippen LogP contribution in [0.1, 0.15) is 58.9 Å². The Morgan fingerprint density at radius 1 is 1.00 bits per heavy atom. The quantitative estimate of drug-likeness (QED) is 0.220. The Bertz CT molecular complexity index is 1500. The maximum Gasteiger partial charge on any atom is 0.337 e. The Labute approximate surface area is 234 Å². The lowest BCUT2D eigenvalue weighted by atomic mass is 9.96. The molecular weight excluding hydrogens is 508 g/mol. The summed E-state index contributed by atoms with van der Waals surface area (Å²) in [5.41, 5.74) is 6.48. The van der Waals surface area contributed by atoms with Crippen LogP contribution in [0.5, 0.6) is 5.75 Å². The maximum atomic E-state index is 12.2. The summed E-state index contributed by atoms with van der Waals surface area (Å²) in [6.45, 7) is 8.19. The fraction of sp³-hybridized carbons (Fsp3) is 0.258. The molecule has 7 nitrogen and oxygen atoms in total. The van der Waals surface area contributed by atoms with E-state index in [2.05, 4.69) is 39.7 Å². The van der Waals surface area contributed by atoms with Gasteiger partial charge in [-0.25, -0.2) is 4.79 Å². The summed E-state index contributed by atoms with van der Waals surface area (Å²) in [5.74, 6) is 0.449. The number of pyridine rings is 1. The van der Waals surface area contributed by atoms with Gasteiger partial charge in [0.15, 0.2) is 5.11 Å². The zero-order valence-corrected chi connectivity index (χ0v) is 23.5. The van der Waals surface area contributed by atoms with Crippen LogP contribution in [0.2, 0.25) is 0 Å². The standard InChI is InChI=1S/C31H32N4O3S/c1-19(2)38-25-14-12-23(13-15-25)35-29(28(33-31(35)39)27-11-6-7-16-32-27)26-17-20(3)34(21(26)4)24-10-8-9-22(18-24)30(36)37-5/h6-19,28-29H,1-5H3,(H,33,39)/t28-,29-/m1/s1. The van der Waals surface area contributed by atoms with Crippen LogP contribution in [0, 0.1) is 13.8 Å². The number of esters is 1. The van der Waals surface area contributed by atoms with Crippen molar-refractivity contribution in [1.29, 1.82) is 0 Å². The van der Waals surface area contributed by atoms with Gasteiger partial charge in [-0.15, -0.1) is 0 Å². The highest BCUT2D eigenvalue weighted by atomic mass is 32.1. The molecule has 0 bridgehead atoms. The second kappa shape index (κ2) is 10.9. The smallest absolute Gasteiger partial charge is 0.337 e. The lowest BCUT2D eigenvalue weighted by Crippen LogP contribution is -2.29. The van der Waals surface area contributed by atoms with Crippen LogP contribution in [0.15, 0.2) is 79.0 Å². The number of benzene rings is 2. The van der Waals surface area contributed by atoms with Crippen molar-refractivity contribution in [3.63, 3.8) is 0 Å². The number of carbonyl (C=O) groups is 1. The predicted octanol–water partition coefficient (Wildman–Crippen LogP) is 6.24. The molecule has 2 aromatic heterocycles. The minimum Gasteiger partial charge on any atom is -0.491 e. The zero-order valence-electron chi connectivity index (χ0n) is 22.7. The van der Waals surface area contributed by atoms with Gasteiger partial charge >= 0.3 is 5.97 Å². The van der Waals surface area contributed by atoms with E-state index in [0.29, 0.717) is 10.7 Å². The summed E-state index contributed by atoms with van der Waals surface area (Å²) in [6, 6.07) is 23.3. The van der Waals surface area contributed by atoms with Gasteiger partial charge in [-0.05, 0) is 106 Å². The number of aryl methyl sites for hydroxylation is 1. The fourth-order valence-electron chi connectivity index (χ4n) is 5.28. The average molecular weight is 541 g/mol. The number of anilines is 1. The Morgan fingerprint density at radius 3 is 2.44 bits per heavy atom. The third-order valence-electron chi connectivity index (χ3n) is 6.90. The molecule has 2 aromatic carbocycles. The molecule has 1 fully saturated rings. The van der Waals surface area contributed by atoms with Crippen LogP contribution in [0.3, 0.4) is 0 Å². The summed E-state index contributed by atoms with van der Waals surface area (Å²) in [5, 5.41) is 4.16. The van der Waals surface area contributed by atoms with Crippen LogP contribution in [0.4, 0.5) is 5.69 Å². The van der Waals surface area contributed by atoms with E-state index < -0.39 is 0 Å². The van der Waals surface area contributed by atoms with Crippen LogP contribution in [-0.4, -0.2) is 33.8 Å². The molecule has 0 aliphatic carbocycles. The Kier molecular flexibility index (Phi) is 7.39. The van der Waals surface area contributed by atoms with Crippen molar-refractivity contribution in [1.82, 2.24) is 14.9 Å². The molecule has 1 saturated heterocycles. The number of rotatable bonds is 7. The molecule has 0 saturated carbocycles. The van der Waals surface area contributed by atoms with Gasteiger partial charge in [-0.3, -0.25) is 4.98 Å².